The van der Waals surface area contributed by atoms with Gasteiger partial charge in [-0.25, -0.2) is 0 Å². The molecule has 1 radical (unpaired) electrons. The Bertz CT molecular complexity index is 448. The third-order valence-electron chi connectivity index (χ3n) is 3.20. The summed E-state index contributed by atoms with van der Waals surface area (Å²) in [5, 5.41) is 8.57. The van der Waals surface area contributed by atoms with Crippen LogP contribution in [0.4, 0.5) is 0 Å². The van der Waals surface area contributed by atoms with E-state index < -0.39 is 0 Å². The third-order valence-corrected chi connectivity index (χ3v) is 3.91. The molecular weight excluding hydrogens is 303 g/mol. The number of likely N-dealkylation sites (tertiary alicyclic amines) is 1. The summed E-state index contributed by atoms with van der Waals surface area (Å²) in [4.78, 5) is 6.54. The van der Waals surface area contributed by atoms with Gasteiger partial charge in [-0.1, -0.05) is 0 Å². The SMILES string of the molecule is C/C(=N\N=C(/[Se])N1CCCCCC1)c1ccccn1. The molecular formula is C14H19N4Se. The first-order valence-corrected chi connectivity index (χ1v) is 7.58. The van der Waals surface area contributed by atoms with Crippen LogP contribution >= 0.6 is 0 Å². The van der Waals surface area contributed by atoms with Crippen molar-refractivity contribution in [3.63, 3.8) is 0 Å². The van der Waals surface area contributed by atoms with Crippen LogP contribution in [-0.4, -0.2) is 49.4 Å². The van der Waals surface area contributed by atoms with Crippen LogP contribution in [0.5, 0.6) is 0 Å². The zero-order valence-corrected chi connectivity index (χ0v) is 13.0. The molecule has 19 heavy (non-hydrogen) atoms. The van der Waals surface area contributed by atoms with E-state index in [0.717, 1.165) is 29.2 Å². The molecule has 0 spiro atoms. The first-order chi connectivity index (χ1) is 9.27. The van der Waals surface area contributed by atoms with Gasteiger partial charge in [0.1, 0.15) is 0 Å². The Kier molecular flexibility index (Phi) is 5.55. The van der Waals surface area contributed by atoms with Crippen LogP contribution in [-0.2, 0) is 0 Å². The average Bonchev–Trinajstić information content (AvgIpc) is 2.74. The van der Waals surface area contributed by atoms with Crippen molar-refractivity contribution < 1.29 is 0 Å². The molecule has 0 saturated carbocycles. The van der Waals surface area contributed by atoms with Crippen molar-refractivity contribution in [2.75, 3.05) is 13.1 Å². The monoisotopic (exact) mass is 323 g/mol. The third kappa shape index (κ3) is 4.44. The molecule has 4 nitrogen and oxygen atoms in total. The summed E-state index contributed by atoms with van der Waals surface area (Å²) in [5.41, 5.74) is 1.71. The summed E-state index contributed by atoms with van der Waals surface area (Å²) in [6.45, 7) is 4.08. The van der Waals surface area contributed by atoms with Gasteiger partial charge in [0.15, 0.2) is 0 Å². The first kappa shape index (κ1) is 14.2. The van der Waals surface area contributed by atoms with Crippen LogP contribution in [0.15, 0.2) is 34.6 Å². The van der Waals surface area contributed by atoms with Crippen molar-refractivity contribution in [2.45, 2.75) is 32.6 Å². The fourth-order valence-electron chi connectivity index (χ4n) is 2.07. The van der Waals surface area contributed by atoms with E-state index in [2.05, 4.69) is 36.1 Å². The molecule has 101 valence electrons. The second kappa shape index (κ2) is 7.41. The van der Waals surface area contributed by atoms with Gasteiger partial charge in [0.05, 0.1) is 0 Å². The Morgan fingerprint density at radius 2 is 1.89 bits per heavy atom. The normalized spacial score (nSPS) is 18.3. The topological polar surface area (TPSA) is 40.9 Å². The maximum absolute atomic E-state index is 4.30. The fraction of sp³-hybridized carbons (Fsp3) is 0.500. The number of hydrogen-bond acceptors (Lipinski definition) is 3. The Morgan fingerprint density at radius 3 is 2.53 bits per heavy atom. The number of rotatable bonds is 2. The van der Waals surface area contributed by atoms with Gasteiger partial charge in [-0.3, -0.25) is 0 Å². The minimum absolute atomic E-state index is 0.836. The molecule has 1 saturated heterocycles. The van der Waals surface area contributed by atoms with E-state index in [4.69, 9.17) is 0 Å². The molecule has 0 amide bonds. The summed E-state index contributed by atoms with van der Waals surface area (Å²) in [6, 6.07) is 5.80. The summed E-state index contributed by atoms with van der Waals surface area (Å²) in [5.74, 6) is 0. The van der Waals surface area contributed by atoms with Crippen LogP contribution in [0, 0.1) is 0 Å². The number of amidine groups is 1. The molecule has 0 unspecified atom stereocenters. The summed E-state index contributed by atoms with van der Waals surface area (Å²) < 4.78 is 0.886. The van der Waals surface area contributed by atoms with Gasteiger partial charge in [-0.05, 0) is 0 Å². The van der Waals surface area contributed by atoms with Crippen molar-refractivity contribution in [3.05, 3.63) is 30.1 Å². The second-order valence-electron chi connectivity index (χ2n) is 4.68. The minimum atomic E-state index is 0.836. The maximum atomic E-state index is 4.30. The zero-order valence-electron chi connectivity index (χ0n) is 11.2. The Morgan fingerprint density at radius 1 is 1.16 bits per heavy atom. The van der Waals surface area contributed by atoms with Crippen molar-refractivity contribution in [1.82, 2.24) is 9.88 Å². The Hall–Kier alpha value is -1.19. The van der Waals surface area contributed by atoms with E-state index in [-0.39, 0.29) is 0 Å². The van der Waals surface area contributed by atoms with Gasteiger partial charge in [0.2, 0.25) is 0 Å². The van der Waals surface area contributed by atoms with Gasteiger partial charge in [0.25, 0.3) is 0 Å². The Labute approximate surface area is 122 Å². The summed E-state index contributed by atoms with van der Waals surface area (Å²) >= 11 is 3.03. The number of hydrogen-bond donors (Lipinski definition) is 0. The van der Waals surface area contributed by atoms with E-state index in [1.54, 1.807) is 6.20 Å². The fourth-order valence-corrected chi connectivity index (χ4v) is 2.54. The number of aromatic nitrogens is 1. The van der Waals surface area contributed by atoms with Crippen LogP contribution in [0.1, 0.15) is 38.3 Å². The average molecular weight is 322 g/mol. The molecule has 1 fully saturated rings. The van der Waals surface area contributed by atoms with E-state index in [1.165, 1.54) is 25.7 Å². The molecule has 2 rings (SSSR count). The molecule has 0 bridgehead atoms. The molecule has 0 aromatic carbocycles. The molecule has 0 aliphatic carbocycles. The van der Waals surface area contributed by atoms with Gasteiger partial charge in [-0.15, -0.1) is 0 Å². The van der Waals surface area contributed by atoms with Gasteiger partial charge in [-0.2, -0.15) is 0 Å². The molecule has 1 aromatic heterocycles. The van der Waals surface area contributed by atoms with Crippen molar-refractivity contribution in [2.24, 2.45) is 10.2 Å². The van der Waals surface area contributed by atoms with Crippen molar-refractivity contribution in [1.29, 1.82) is 0 Å². The molecule has 1 aliphatic heterocycles. The standard InChI is InChI=1S/C14H19N4Se/c1-12(13-8-4-5-9-15-13)16-17-14(19)18-10-6-2-3-7-11-18/h4-5,8-9H,2-3,6-7,10-11H2,1H3/b16-12+,17-14-. The van der Waals surface area contributed by atoms with Crippen molar-refractivity contribution >= 4 is 26.5 Å². The van der Waals surface area contributed by atoms with Crippen molar-refractivity contribution in [3.8, 4) is 0 Å². The molecule has 0 N–H and O–H groups in total. The van der Waals surface area contributed by atoms with Gasteiger partial charge < -0.3 is 0 Å². The zero-order chi connectivity index (χ0) is 13.5. The predicted molar refractivity (Wildman–Crippen MR) is 79.7 cm³/mol. The van der Waals surface area contributed by atoms with Crippen LogP contribution in [0.25, 0.3) is 0 Å². The summed E-state index contributed by atoms with van der Waals surface area (Å²) in [7, 11) is 0. The van der Waals surface area contributed by atoms with Crippen LogP contribution in [0.2, 0.25) is 0 Å². The molecule has 0 atom stereocenters. The number of pyridine rings is 1. The quantitative estimate of drug-likeness (QED) is 0.362. The Balaban J connectivity index is 2.03. The molecule has 1 aromatic rings. The van der Waals surface area contributed by atoms with Gasteiger partial charge in [0, 0.05) is 0 Å². The van der Waals surface area contributed by atoms with E-state index in [1.807, 2.05) is 25.1 Å². The van der Waals surface area contributed by atoms with E-state index in [0.29, 0.717) is 0 Å². The molecule has 5 heteroatoms. The summed E-state index contributed by atoms with van der Waals surface area (Å²) in [6.07, 6.45) is 6.89. The first-order valence-electron chi connectivity index (χ1n) is 6.73. The van der Waals surface area contributed by atoms with Crippen LogP contribution < -0.4 is 0 Å². The molecule has 2 heterocycles. The number of nitrogens with zero attached hydrogens (tertiary/aromatic N) is 4. The van der Waals surface area contributed by atoms with Crippen LogP contribution in [0.3, 0.4) is 0 Å². The van der Waals surface area contributed by atoms with E-state index >= 15 is 0 Å². The second-order valence-corrected chi connectivity index (χ2v) is 5.45. The predicted octanol–water partition coefficient (Wildman–Crippen LogP) is 2.21. The van der Waals surface area contributed by atoms with Gasteiger partial charge >= 0.3 is 122 Å². The molecule has 1 aliphatic rings. The van der Waals surface area contributed by atoms with E-state index in [9.17, 15) is 0 Å².